The fraction of sp³-hybridized carbons (Fsp3) is 0.214. The van der Waals surface area contributed by atoms with Crippen molar-refractivity contribution in [2.75, 3.05) is 5.75 Å². The van der Waals surface area contributed by atoms with Gasteiger partial charge in [-0.2, -0.15) is 0 Å². The Morgan fingerprint density at radius 1 is 1.27 bits per heavy atom. The van der Waals surface area contributed by atoms with Crippen LogP contribution >= 0.6 is 11.8 Å². The van der Waals surface area contributed by atoms with Gasteiger partial charge in [-0.15, -0.1) is 5.10 Å². The van der Waals surface area contributed by atoms with Gasteiger partial charge in [0.25, 0.3) is 0 Å². The molecule has 0 radical (unpaired) electrons. The zero-order valence-corrected chi connectivity index (χ0v) is 12.7. The van der Waals surface area contributed by atoms with Crippen LogP contribution in [0.1, 0.15) is 5.56 Å². The summed E-state index contributed by atoms with van der Waals surface area (Å²) in [6, 6.07) is 9.55. The topological polar surface area (TPSA) is 82.8 Å². The predicted octanol–water partition coefficient (Wildman–Crippen LogP) is 1.59. The lowest BCUT2D eigenvalue weighted by atomic mass is 10.2. The number of fused-ring (bicyclic) bond motifs is 1. The molecule has 0 unspecified atom stereocenters. The summed E-state index contributed by atoms with van der Waals surface area (Å²) in [6.07, 6.45) is 1.43. The molecule has 3 aromatic rings. The molecule has 1 aromatic carbocycles. The van der Waals surface area contributed by atoms with Crippen LogP contribution in [0.25, 0.3) is 11.2 Å². The van der Waals surface area contributed by atoms with Gasteiger partial charge in [0.1, 0.15) is 18.0 Å². The Hall–Kier alpha value is -2.48. The van der Waals surface area contributed by atoms with Crippen molar-refractivity contribution in [3.8, 4) is 0 Å². The predicted molar refractivity (Wildman–Crippen MR) is 81.1 cm³/mol. The molecule has 0 saturated carbocycles. The third-order valence-electron chi connectivity index (χ3n) is 2.92. The largest absolute Gasteiger partial charge is 0.460 e. The Morgan fingerprint density at radius 2 is 2.09 bits per heavy atom. The summed E-state index contributed by atoms with van der Waals surface area (Å²) in [5, 5.41) is 8.52. The van der Waals surface area contributed by atoms with E-state index >= 15 is 0 Å². The van der Waals surface area contributed by atoms with Crippen molar-refractivity contribution in [3.63, 3.8) is 0 Å². The van der Waals surface area contributed by atoms with E-state index in [0.29, 0.717) is 16.2 Å². The number of carbonyl (C=O) groups is 1. The molecule has 0 fully saturated rings. The fourth-order valence-electron chi connectivity index (χ4n) is 1.85. The Labute approximate surface area is 130 Å². The Kier molecular flexibility index (Phi) is 4.29. The second-order valence-corrected chi connectivity index (χ2v) is 5.46. The summed E-state index contributed by atoms with van der Waals surface area (Å²) in [5.41, 5.74) is 2.18. The van der Waals surface area contributed by atoms with Gasteiger partial charge in [-0.25, -0.2) is 14.6 Å². The third kappa shape index (κ3) is 3.22. The van der Waals surface area contributed by atoms with Crippen molar-refractivity contribution >= 4 is 28.9 Å². The first-order valence-electron chi connectivity index (χ1n) is 6.57. The average Bonchev–Trinajstić information content (AvgIpc) is 2.94. The van der Waals surface area contributed by atoms with Crippen molar-refractivity contribution in [2.45, 2.75) is 11.6 Å². The Bertz CT molecular complexity index is 790. The van der Waals surface area contributed by atoms with Crippen LogP contribution < -0.4 is 0 Å². The van der Waals surface area contributed by atoms with E-state index in [1.807, 2.05) is 30.3 Å². The number of esters is 1. The highest BCUT2D eigenvalue weighted by Gasteiger charge is 2.12. The lowest BCUT2D eigenvalue weighted by Gasteiger charge is -2.04. The first-order chi connectivity index (χ1) is 10.7. The van der Waals surface area contributed by atoms with E-state index in [1.54, 1.807) is 11.7 Å². The van der Waals surface area contributed by atoms with Crippen molar-refractivity contribution in [1.82, 2.24) is 25.0 Å². The third-order valence-corrected chi connectivity index (χ3v) is 3.88. The number of ether oxygens (including phenoxy) is 1. The van der Waals surface area contributed by atoms with Gasteiger partial charge < -0.3 is 4.74 Å². The zero-order valence-electron chi connectivity index (χ0n) is 11.8. The first-order valence-corrected chi connectivity index (χ1v) is 7.55. The smallest absolute Gasteiger partial charge is 0.316 e. The molecule has 22 heavy (non-hydrogen) atoms. The molecule has 3 rings (SSSR count). The summed E-state index contributed by atoms with van der Waals surface area (Å²) < 4.78 is 6.79. The fourth-order valence-corrected chi connectivity index (χ4v) is 2.57. The second kappa shape index (κ2) is 6.52. The van der Waals surface area contributed by atoms with Gasteiger partial charge in [-0.05, 0) is 5.56 Å². The van der Waals surface area contributed by atoms with Crippen LogP contribution in [-0.2, 0) is 23.2 Å². The maximum absolute atomic E-state index is 11.8. The average molecular weight is 315 g/mol. The number of aryl methyl sites for hydroxylation is 1. The van der Waals surface area contributed by atoms with Crippen LogP contribution in [0.3, 0.4) is 0 Å². The highest BCUT2D eigenvalue weighted by Crippen LogP contribution is 2.22. The zero-order chi connectivity index (χ0) is 15.4. The minimum atomic E-state index is -0.301. The molecule has 0 saturated heterocycles. The molecule has 7 nitrogen and oxygen atoms in total. The summed E-state index contributed by atoms with van der Waals surface area (Å²) in [4.78, 5) is 20.0. The molecule has 0 N–H and O–H groups in total. The van der Waals surface area contributed by atoms with Crippen molar-refractivity contribution in [2.24, 2.45) is 7.05 Å². The summed E-state index contributed by atoms with van der Waals surface area (Å²) in [7, 11) is 1.75. The molecule has 0 aliphatic carbocycles. The highest BCUT2D eigenvalue weighted by atomic mass is 32.2. The van der Waals surface area contributed by atoms with E-state index in [9.17, 15) is 4.79 Å². The molecule has 2 heterocycles. The van der Waals surface area contributed by atoms with E-state index < -0.39 is 0 Å². The summed E-state index contributed by atoms with van der Waals surface area (Å²) in [5.74, 6) is -0.139. The van der Waals surface area contributed by atoms with E-state index in [0.717, 1.165) is 5.56 Å². The molecule has 0 bridgehead atoms. The summed E-state index contributed by atoms with van der Waals surface area (Å²) in [6.45, 7) is 0.268. The Morgan fingerprint density at radius 3 is 2.91 bits per heavy atom. The number of thioether (sulfide) groups is 1. The van der Waals surface area contributed by atoms with Crippen LogP contribution in [-0.4, -0.2) is 36.7 Å². The molecule has 0 atom stereocenters. The van der Waals surface area contributed by atoms with Crippen LogP contribution in [0.2, 0.25) is 0 Å². The number of benzene rings is 1. The van der Waals surface area contributed by atoms with Crippen LogP contribution in [0, 0.1) is 0 Å². The van der Waals surface area contributed by atoms with E-state index in [-0.39, 0.29) is 18.3 Å². The second-order valence-electron chi connectivity index (χ2n) is 4.50. The minimum Gasteiger partial charge on any atom is -0.460 e. The molecule has 112 valence electrons. The quantitative estimate of drug-likeness (QED) is 0.402. The number of aromatic nitrogens is 5. The van der Waals surface area contributed by atoms with Crippen LogP contribution in [0.4, 0.5) is 0 Å². The van der Waals surface area contributed by atoms with Crippen LogP contribution in [0.15, 0.2) is 41.7 Å². The van der Waals surface area contributed by atoms with Gasteiger partial charge in [0.05, 0.1) is 5.75 Å². The number of rotatable bonds is 5. The SMILES string of the molecule is Cn1nnc2c(SCC(=O)OCc3ccccc3)ncnc21. The van der Waals surface area contributed by atoms with E-state index in [1.165, 1.54) is 18.1 Å². The molecular formula is C14H13N5O2S. The highest BCUT2D eigenvalue weighted by molar-refractivity contribution is 8.00. The maximum atomic E-state index is 11.8. The number of nitrogens with zero attached hydrogens (tertiary/aromatic N) is 5. The lowest BCUT2D eigenvalue weighted by Crippen LogP contribution is -2.07. The van der Waals surface area contributed by atoms with Gasteiger partial charge in [0.15, 0.2) is 11.2 Å². The molecule has 0 aliphatic heterocycles. The molecule has 0 aliphatic rings. The lowest BCUT2D eigenvalue weighted by molar-refractivity contribution is -0.141. The van der Waals surface area contributed by atoms with E-state index in [4.69, 9.17) is 4.74 Å². The van der Waals surface area contributed by atoms with Gasteiger partial charge in [-0.3, -0.25) is 4.79 Å². The molecular weight excluding hydrogens is 302 g/mol. The van der Waals surface area contributed by atoms with Gasteiger partial charge in [0, 0.05) is 7.05 Å². The Balaban J connectivity index is 1.58. The molecule has 0 spiro atoms. The first kappa shape index (κ1) is 14.5. The minimum absolute atomic E-state index is 0.162. The number of carbonyl (C=O) groups excluding carboxylic acids is 1. The van der Waals surface area contributed by atoms with E-state index in [2.05, 4.69) is 20.3 Å². The van der Waals surface area contributed by atoms with Crippen molar-refractivity contribution in [1.29, 1.82) is 0 Å². The van der Waals surface area contributed by atoms with Crippen molar-refractivity contribution in [3.05, 3.63) is 42.2 Å². The maximum Gasteiger partial charge on any atom is 0.316 e. The van der Waals surface area contributed by atoms with Gasteiger partial charge >= 0.3 is 5.97 Å². The molecule has 0 amide bonds. The van der Waals surface area contributed by atoms with Gasteiger partial charge in [0.2, 0.25) is 0 Å². The summed E-state index contributed by atoms with van der Waals surface area (Å²) >= 11 is 1.27. The number of hydrogen-bond acceptors (Lipinski definition) is 7. The standard InChI is InChI=1S/C14H13N5O2S/c1-19-13-12(17-18-19)14(16-9-15-13)22-8-11(20)21-7-10-5-3-2-4-6-10/h2-6,9H,7-8H2,1H3. The molecule has 2 aromatic heterocycles. The number of hydrogen-bond donors (Lipinski definition) is 0. The van der Waals surface area contributed by atoms with Gasteiger partial charge in [-0.1, -0.05) is 47.3 Å². The molecule has 8 heteroatoms. The normalized spacial score (nSPS) is 10.8. The van der Waals surface area contributed by atoms with Crippen LogP contribution in [0.5, 0.6) is 0 Å². The van der Waals surface area contributed by atoms with Crippen molar-refractivity contribution < 1.29 is 9.53 Å². The monoisotopic (exact) mass is 315 g/mol.